The van der Waals surface area contributed by atoms with Gasteiger partial charge < -0.3 is 9.47 Å². The van der Waals surface area contributed by atoms with Crippen molar-refractivity contribution in [1.29, 1.82) is 0 Å². The van der Waals surface area contributed by atoms with E-state index in [1.165, 1.54) is 6.08 Å². The molecule has 1 saturated heterocycles. The number of hydrogen-bond donors (Lipinski definition) is 0. The highest BCUT2D eigenvalue weighted by Gasteiger charge is 2.52. The highest BCUT2D eigenvalue weighted by molar-refractivity contribution is 5.82. The highest BCUT2D eigenvalue weighted by atomic mass is 16.8. The lowest BCUT2D eigenvalue weighted by atomic mass is 10.3. The van der Waals surface area contributed by atoms with Gasteiger partial charge in [-0.2, -0.15) is 0 Å². The predicted molar refractivity (Wildman–Crippen MR) is 39.9 cm³/mol. The van der Waals surface area contributed by atoms with Gasteiger partial charge in [0.2, 0.25) is 5.79 Å². The second-order valence-electron chi connectivity index (χ2n) is 2.70. The largest absolute Gasteiger partial charge is 0.427 e. The van der Waals surface area contributed by atoms with Gasteiger partial charge in [0.25, 0.3) is 0 Å². The summed E-state index contributed by atoms with van der Waals surface area (Å²) in [5.74, 6) is -1.02. The number of allylic oxidation sites excluding steroid dienone is 1. The first-order chi connectivity index (χ1) is 5.08. The van der Waals surface area contributed by atoms with Crippen LogP contribution in [-0.2, 0) is 14.3 Å². The van der Waals surface area contributed by atoms with Crippen LogP contribution in [0.25, 0.3) is 0 Å². The smallest absolute Gasteiger partial charge is 0.333 e. The molecule has 0 N–H and O–H groups in total. The molecule has 1 aliphatic rings. The number of rotatable bonds is 2. The molecule has 3 heteroatoms. The average molecular weight is 156 g/mol. The van der Waals surface area contributed by atoms with E-state index >= 15 is 0 Å². The van der Waals surface area contributed by atoms with Crippen molar-refractivity contribution in [3.05, 3.63) is 12.2 Å². The predicted octanol–water partition coefficient (Wildman–Crippen LogP) is 1.24. The first kappa shape index (κ1) is 8.27. The SMILES string of the molecule is CC=CC(=O)OC1(C)OC1C. The maximum atomic E-state index is 10.9. The van der Waals surface area contributed by atoms with Crippen LogP contribution in [-0.4, -0.2) is 17.9 Å². The lowest BCUT2D eigenvalue weighted by molar-refractivity contribution is -0.150. The molecule has 1 rings (SSSR count). The van der Waals surface area contributed by atoms with Crippen molar-refractivity contribution in [2.45, 2.75) is 32.7 Å². The first-order valence-corrected chi connectivity index (χ1v) is 3.62. The molecule has 0 aromatic rings. The van der Waals surface area contributed by atoms with E-state index in [1.807, 2.05) is 6.92 Å². The standard InChI is InChI=1S/C8H12O3/c1-4-5-7(9)11-8(3)6(2)10-8/h4-6H,1-3H3. The molecule has 0 aliphatic carbocycles. The fourth-order valence-corrected chi connectivity index (χ4v) is 0.794. The van der Waals surface area contributed by atoms with Crippen molar-refractivity contribution in [3.63, 3.8) is 0 Å². The van der Waals surface area contributed by atoms with Gasteiger partial charge in [0, 0.05) is 13.0 Å². The lowest BCUT2D eigenvalue weighted by Crippen LogP contribution is -2.17. The Morgan fingerprint density at radius 2 is 2.27 bits per heavy atom. The van der Waals surface area contributed by atoms with Crippen LogP contribution in [0, 0.1) is 0 Å². The molecule has 0 saturated carbocycles. The second kappa shape index (κ2) is 2.66. The van der Waals surface area contributed by atoms with Crippen LogP contribution in [0.15, 0.2) is 12.2 Å². The molecule has 1 aliphatic heterocycles. The monoisotopic (exact) mass is 156 g/mol. The van der Waals surface area contributed by atoms with Gasteiger partial charge in [0.1, 0.15) is 6.10 Å². The molecule has 1 fully saturated rings. The summed E-state index contributed by atoms with van der Waals surface area (Å²) >= 11 is 0. The minimum absolute atomic E-state index is 0.0247. The molecular formula is C8H12O3. The van der Waals surface area contributed by atoms with Crippen molar-refractivity contribution in [2.24, 2.45) is 0 Å². The minimum atomic E-state index is -0.670. The molecule has 0 aromatic carbocycles. The molecular weight excluding hydrogens is 144 g/mol. The Morgan fingerprint density at radius 1 is 1.73 bits per heavy atom. The fraction of sp³-hybridized carbons (Fsp3) is 0.625. The number of hydrogen-bond acceptors (Lipinski definition) is 3. The zero-order valence-electron chi connectivity index (χ0n) is 6.96. The topological polar surface area (TPSA) is 38.8 Å². The van der Waals surface area contributed by atoms with E-state index < -0.39 is 5.79 Å². The van der Waals surface area contributed by atoms with Crippen LogP contribution in [0.2, 0.25) is 0 Å². The molecule has 0 bridgehead atoms. The minimum Gasteiger partial charge on any atom is -0.427 e. The summed E-state index contributed by atoms with van der Waals surface area (Å²) in [6, 6.07) is 0. The molecule has 2 unspecified atom stereocenters. The number of epoxide rings is 1. The van der Waals surface area contributed by atoms with Crippen molar-refractivity contribution >= 4 is 5.97 Å². The summed E-state index contributed by atoms with van der Waals surface area (Å²) in [5, 5.41) is 0. The van der Waals surface area contributed by atoms with Gasteiger partial charge in [-0.15, -0.1) is 0 Å². The van der Waals surface area contributed by atoms with E-state index in [4.69, 9.17) is 9.47 Å². The van der Waals surface area contributed by atoms with E-state index in [9.17, 15) is 4.79 Å². The third kappa shape index (κ3) is 1.80. The van der Waals surface area contributed by atoms with Crippen molar-refractivity contribution < 1.29 is 14.3 Å². The third-order valence-electron chi connectivity index (χ3n) is 1.70. The van der Waals surface area contributed by atoms with Gasteiger partial charge in [-0.1, -0.05) is 6.08 Å². The fourth-order valence-electron chi connectivity index (χ4n) is 0.794. The van der Waals surface area contributed by atoms with Crippen molar-refractivity contribution in [1.82, 2.24) is 0 Å². The quantitative estimate of drug-likeness (QED) is 0.343. The van der Waals surface area contributed by atoms with Crippen LogP contribution in [0.3, 0.4) is 0 Å². The van der Waals surface area contributed by atoms with E-state index in [0.29, 0.717) is 0 Å². The molecule has 0 radical (unpaired) electrons. The lowest BCUT2D eigenvalue weighted by Gasteiger charge is -2.04. The van der Waals surface area contributed by atoms with Gasteiger partial charge >= 0.3 is 5.97 Å². The Morgan fingerprint density at radius 3 is 2.64 bits per heavy atom. The number of ether oxygens (including phenoxy) is 2. The summed E-state index contributed by atoms with van der Waals surface area (Å²) in [6.07, 6.45) is 3.04. The van der Waals surface area contributed by atoms with Crippen LogP contribution in [0.1, 0.15) is 20.8 Å². The summed E-state index contributed by atoms with van der Waals surface area (Å²) in [4.78, 5) is 10.9. The van der Waals surface area contributed by atoms with Crippen LogP contribution in [0.5, 0.6) is 0 Å². The van der Waals surface area contributed by atoms with E-state index in [2.05, 4.69) is 0 Å². The normalized spacial score (nSPS) is 35.7. The average Bonchev–Trinajstić information content (AvgIpc) is 2.39. The van der Waals surface area contributed by atoms with Gasteiger partial charge in [0.05, 0.1) is 0 Å². The maximum absolute atomic E-state index is 10.9. The summed E-state index contributed by atoms with van der Waals surface area (Å²) < 4.78 is 10.00. The van der Waals surface area contributed by atoms with Gasteiger partial charge in [0.15, 0.2) is 0 Å². The van der Waals surface area contributed by atoms with E-state index in [1.54, 1.807) is 19.9 Å². The molecule has 0 amide bonds. The molecule has 11 heavy (non-hydrogen) atoms. The first-order valence-electron chi connectivity index (χ1n) is 3.62. The maximum Gasteiger partial charge on any atom is 0.333 e. The van der Waals surface area contributed by atoms with E-state index in [-0.39, 0.29) is 12.1 Å². The second-order valence-corrected chi connectivity index (χ2v) is 2.70. The van der Waals surface area contributed by atoms with E-state index in [0.717, 1.165) is 0 Å². The highest BCUT2D eigenvalue weighted by Crippen LogP contribution is 2.36. The molecule has 62 valence electrons. The van der Waals surface area contributed by atoms with Crippen molar-refractivity contribution in [2.75, 3.05) is 0 Å². The molecule has 3 nitrogen and oxygen atoms in total. The Labute approximate surface area is 66.0 Å². The summed E-state index contributed by atoms with van der Waals surface area (Å²) in [7, 11) is 0. The van der Waals surface area contributed by atoms with Crippen molar-refractivity contribution in [3.8, 4) is 0 Å². The zero-order valence-corrected chi connectivity index (χ0v) is 6.96. The Bertz CT molecular complexity index is 198. The molecule has 0 spiro atoms. The molecule has 0 aromatic heterocycles. The van der Waals surface area contributed by atoms with Gasteiger partial charge in [-0.05, 0) is 13.8 Å². The zero-order chi connectivity index (χ0) is 8.48. The van der Waals surface area contributed by atoms with Crippen LogP contribution in [0.4, 0.5) is 0 Å². The molecule has 1 heterocycles. The van der Waals surface area contributed by atoms with Crippen LogP contribution >= 0.6 is 0 Å². The van der Waals surface area contributed by atoms with Crippen LogP contribution < -0.4 is 0 Å². The summed E-state index contributed by atoms with van der Waals surface area (Å²) in [5.41, 5.74) is 0. The number of carbonyl (C=O) groups is 1. The number of esters is 1. The Balaban J connectivity index is 2.38. The Kier molecular flexibility index (Phi) is 2.00. The number of carbonyl (C=O) groups excluding carboxylic acids is 1. The molecule has 2 atom stereocenters. The summed E-state index contributed by atoms with van der Waals surface area (Å²) in [6.45, 7) is 5.38. The van der Waals surface area contributed by atoms with Gasteiger partial charge in [-0.25, -0.2) is 4.79 Å². The Hall–Kier alpha value is -0.830. The van der Waals surface area contributed by atoms with Gasteiger partial charge in [-0.3, -0.25) is 0 Å². The third-order valence-corrected chi connectivity index (χ3v) is 1.70.